The molecule has 0 unspecified atom stereocenters. The quantitative estimate of drug-likeness (QED) is 0.624. The van der Waals surface area contributed by atoms with E-state index in [1.807, 2.05) is 0 Å². The summed E-state index contributed by atoms with van der Waals surface area (Å²) in [5, 5.41) is 13.6. The molecule has 0 aliphatic rings. The van der Waals surface area contributed by atoms with Gasteiger partial charge in [0, 0.05) is 13.2 Å². The molecule has 0 aliphatic heterocycles. The third kappa shape index (κ3) is 1.57. The van der Waals surface area contributed by atoms with E-state index in [0.29, 0.717) is 12.5 Å². The Hall–Kier alpha value is -1.89. The zero-order chi connectivity index (χ0) is 9.97. The fraction of sp³-hybridized carbons (Fsp3) is 0.286. The highest BCUT2D eigenvalue weighted by atomic mass is 15.4. The molecule has 0 aliphatic carbocycles. The molecule has 0 atom stereocenters. The molecule has 4 N–H and O–H groups in total. The summed E-state index contributed by atoms with van der Waals surface area (Å²) >= 11 is 0. The van der Waals surface area contributed by atoms with Crippen LogP contribution in [-0.2, 0) is 13.6 Å². The zero-order valence-corrected chi connectivity index (χ0v) is 7.73. The second kappa shape index (κ2) is 3.46. The molecule has 0 bridgehead atoms. The highest BCUT2D eigenvalue weighted by Crippen LogP contribution is 2.09. The van der Waals surface area contributed by atoms with Gasteiger partial charge in [-0.05, 0) is 0 Å². The van der Waals surface area contributed by atoms with Crippen LogP contribution >= 0.6 is 0 Å². The Morgan fingerprint density at radius 2 is 2.50 bits per heavy atom. The number of nitrogens with two attached hydrogens (primary N) is 1. The molecule has 7 nitrogen and oxygen atoms in total. The van der Waals surface area contributed by atoms with Gasteiger partial charge in [-0.15, -0.1) is 5.10 Å². The summed E-state index contributed by atoms with van der Waals surface area (Å²) in [7, 11) is 1.80. The molecule has 14 heavy (non-hydrogen) atoms. The number of hydrogen-bond donors (Lipinski definition) is 3. The fourth-order valence-electron chi connectivity index (χ4n) is 1.10. The smallest absolute Gasteiger partial charge is 0.246 e. The number of nitrogens with one attached hydrogen (secondary N) is 2. The SMILES string of the molecule is Cn1nc(Nc2cn[nH]c2)nc1CN. The molecule has 0 aromatic carbocycles. The van der Waals surface area contributed by atoms with Crippen molar-refractivity contribution in [1.29, 1.82) is 0 Å². The van der Waals surface area contributed by atoms with Crippen molar-refractivity contribution in [1.82, 2.24) is 25.0 Å². The van der Waals surface area contributed by atoms with Gasteiger partial charge in [0.05, 0.1) is 18.4 Å². The average Bonchev–Trinajstić information content (AvgIpc) is 2.76. The molecular formula is C7H11N7. The molecular weight excluding hydrogens is 182 g/mol. The molecule has 0 saturated carbocycles. The lowest BCUT2D eigenvalue weighted by Crippen LogP contribution is -2.05. The second-order valence-electron chi connectivity index (χ2n) is 2.79. The molecule has 2 aromatic heterocycles. The monoisotopic (exact) mass is 193 g/mol. The maximum Gasteiger partial charge on any atom is 0.246 e. The first kappa shape index (κ1) is 8.70. The number of rotatable bonds is 3. The lowest BCUT2D eigenvalue weighted by Gasteiger charge is -1.93. The first-order valence-corrected chi connectivity index (χ1v) is 4.15. The number of H-pyrrole nitrogens is 1. The van der Waals surface area contributed by atoms with Crippen molar-refractivity contribution in [2.24, 2.45) is 12.8 Å². The molecule has 0 radical (unpaired) electrons. The van der Waals surface area contributed by atoms with Crippen molar-refractivity contribution in [2.75, 3.05) is 5.32 Å². The number of nitrogens with zero attached hydrogens (tertiary/aromatic N) is 4. The lowest BCUT2D eigenvalue weighted by atomic mass is 10.6. The van der Waals surface area contributed by atoms with Gasteiger partial charge in [0.15, 0.2) is 0 Å². The number of aromatic nitrogens is 5. The molecule has 2 aromatic rings. The largest absolute Gasteiger partial charge is 0.324 e. The Morgan fingerprint density at radius 3 is 3.07 bits per heavy atom. The predicted octanol–water partition coefficient (Wildman–Crippen LogP) is -0.260. The summed E-state index contributed by atoms with van der Waals surface area (Å²) in [5.41, 5.74) is 6.29. The van der Waals surface area contributed by atoms with Crippen molar-refractivity contribution in [2.45, 2.75) is 6.54 Å². The van der Waals surface area contributed by atoms with Crippen molar-refractivity contribution < 1.29 is 0 Å². The normalized spacial score (nSPS) is 10.4. The Labute approximate surface area is 80.3 Å². The third-order valence-electron chi connectivity index (χ3n) is 1.79. The summed E-state index contributed by atoms with van der Waals surface area (Å²) in [6.07, 6.45) is 3.37. The number of aryl methyl sites for hydroxylation is 1. The standard InChI is InChI=1S/C7H11N7/c1-14-6(2-8)12-7(13-14)11-5-3-9-10-4-5/h3-4H,2,8H2,1H3,(H,9,10)(H,11,13). The first-order chi connectivity index (χ1) is 6.79. The van der Waals surface area contributed by atoms with Crippen LogP contribution in [0.5, 0.6) is 0 Å². The minimum atomic E-state index is 0.372. The molecule has 2 rings (SSSR count). The lowest BCUT2D eigenvalue weighted by molar-refractivity contribution is 0.703. The topological polar surface area (TPSA) is 97.4 Å². The van der Waals surface area contributed by atoms with E-state index >= 15 is 0 Å². The van der Waals surface area contributed by atoms with Gasteiger partial charge in [0.2, 0.25) is 5.95 Å². The van der Waals surface area contributed by atoms with Crippen molar-refractivity contribution in [3.8, 4) is 0 Å². The highest BCUT2D eigenvalue weighted by molar-refractivity contribution is 5.49. The van der Waals surface area contributed by atoms with Crippen LogP contribution in [0.3, 0.4) is 0 Å². The van der Waals surface area contributed by atoms with E-state index in [1.54, 1.807) is 24.1 Å². The molecule has 2 heterocycles. The minimum Gasteiger partial charge on any atom is -0.324 e. The molecule has 74 valence electrons. The fourth-order valence-corrected chi connectivity index (χ4v) is 1.10. The maximum absolute atomic E-state index is 5.47. The Bertz CT molecular complexity index is 402. The van der Waals surface area contributed by atoms with Gasteiger partial charge in [-0.1, -0.05) is 0 Å². The van der Waals surface area contributed by atoms with Gasteiger partial charge in [-0.3, -0.25) is 5.10 Å². The van der Waals surface area contributed by atoms with Crippen LogP contribution in [0.4, 0.5) is 11.6 Å². The van der Waals surface area contributed by atoms with Crippen molar-refractivity contribution >= 4 is 11.6 Å². The Morgan fingerprint density at radius 1 is 1.64 bits per heavy atom. The van der Waals surface area contributed by atoms with Crippen molar-refractivity contribution in [3.63, 3.8) is 0 Å². The average molecular weight is 193 g/mol. The van der Waals surface area contributed by atoms with E-state index in [0.717, 1.165) is 11.5 Å². The van der Waals surface area contributed by atoms with Crippen LogP contribution in [-0.4, -0.2) is 25.0 Å². The van der Waals surface area contributed by atoms with Crippen LogP contribution < -0.4 is 11.1 Å². The number of aromatic amines is 1. The maximum atomic E-state index is 5.47. The van der Waals surface area contributed by atoms with Crippen LogP contribution in [0.2, 0.25) is 0 Å². The summed E-state index contributed by atoms with van der Waals surface area (Å²) in [4.78, 5) is 4.18. The predicted molar refractivity (Wildman–Crippen MR) is 50.8 cm³/mol. The zero-order valence-electron chi connectivity index (χ0n) is 7.73. The molecule has 7 heteroatoms. The van der Waals surface area contributed by atoms with Gasteiger partial charge in [0.25, 0.3) is 0 Å². The van der Waals surface area contributed by atoms with Crippen molar-refractivity contribution in [3.05, 3.63) is 18.2 Å². The van der Waals surface area contributed by atoms with Gasteiger partial charge in [-0.2, -0.15) is 10.1 Å². The minimum absolute atomic E-state index is 0.372. The molecule has 0 fully saturated rings. The van der Waals surface area contributed by atoms with Gasteiger partial charge < -0.3 is 11.1 Å². The number of hydrogen-bond acceptors (Lipinski definition) is 5. The van der Waals surface area contributed by atoms with E-state index < -0.39 is 0 Å². The highest BCUT2D eigenvalue weighted by Gasteiger charge is 2.05. The third-order valence-corrected chi connectivity index (χ3v) is 1.79. The summed E-state index contributed by atoms with van der Waals surface area (Å²) in [6.45, 7) is 0.372. The Kier molecular flexibility index (Phi) is 2.15. The summed E-state index contributed by atoms with van der Waals surface area (Å²) in [6, 6.07) is 0. The van der Waals surface area contributed by atoms with Crippen LogP contribution in [0.1, 0.15) is 5.82 Å². The second-order valence-corrected chi connectivity index (χ2v) is 2.79. The first-order valence-electron chi connectivity index (χ1n) is 4.15. The molecule has 0 spiro atoms. The van der Waals surface area contributed by atoms with Gasteiger partial charge in [-0.25, -0.2) is 4.68 Å². The van der Waals surface area contributed by atoms with E-state index in [-0.39, 0.29) is 0 Å². The Balaban J connectivity index is 2.17. The molecule has 0 amide bonds. The van der Waals surface area contributed by atoms with Gasteiger partial charge >= 0.3 is 0 Å². The summed E-state index contributed by atoms with van der Waals surface area (Å²) in [5.74, 6) is 1.25. The van der Waals surface area contributed by atoms with E-state index in [4.69, 9.17) is 5.73 Å². The van der Waals surface area contributed by atoms with E-state index in [2.05, 4.69) is 25.6 Å². The van der Waals surface area contributed by atoms with Crippen LogP contribution in [0.15, 0.2) is 12.4 Å². The van der Waals surface area contributed by atoms with Crippen LogP contribution in [0.25, 0.3) is 0 Å². The van der Waals surface area contributed by atoms with Gasteiger partial charge in [0.1, 0.15) is 5.82 Å². The van der Waals surface area contributed by atoms with Crippen LogP contribution in [0, 0.1) is 0 Å². The molecule has 0 saturated heterocycles. The summed E-state index contributed by atoms with van der Waals surface area (Å²) < 4.78 is 1.64. The van der Waals surface area contributed by atoms with E-state index in [9.17, 15) is 0 Å². The number of anilines is 2. The van der Waals surface area contributed by atoms with E-state index in [1.165, 1.54) is 0 Å².